The molecule has 1 atom stereocenters. The Morgan fingerprint density at radius 3 is 2.54 bits per heavy atom. The van der Waals surface area contributed by atoms with Crippen LogP contribution in [0.4, 0.5) is 5.95 Å². The van der Waals surface area contributed by atoms with Crippen molar-refractivity contribution in [1.82, 2.24) is 14.9 Å². The van der Waals surface area contributed by atoms with E-state index in [0.717, 1.165) is 44.5 Å². The Balaban J connectivity index is 1.59. The molecule has 0 spiro atoms. The van der Waals surface area contributed by atoms with Crippen LogP contribution in [0.25, 0.3) is 0 Å². The van der Waals surface area contributed by atoms with E-state index in [0.29, 0.717) is 16.7 Å². The standard InChI is InChI=1S/C18H19ClN4O/c19-14-12-20-18(22-9-4-5-10-22)21-16(14)17(24)23-11-8-15(23)13-6-2-1-3-7-13/h1-3,6-7,12,15H,4-5,8-11H2/t15-/m1/s1. The fourth-order valence-corrected chi connectivity index (χ4v) is 3.54. The van der Waals surface area contributed by atoms with E-state index in [1.165, 1.54) is 0 Å². The molecule has 0 aliphatic carbocycles. The molecule has 5 nitrogen and oxygen atoms in total. The van der Waals surface area contributed by atoms with Crippen molar-refractivity contribution in [2.24, 2.45) is 0 Å². The number of carbonyl (C=O) groups is 1. The van der Waals surface area contributed by atoms with Crippen molar-refractivity contribution < 1.29 is 4.79 Å². The number of amides is 1. The lowest BCUT2D eigenvalue weighted by Crippen LogP contribution is -2.45. The number of nitrogens with zero attached hydrogens (tertiary/aromatic N) is 4. The molecule has 124 valence electrons. The predicted octanol–water partition coefficient (Wildman–Crippen LogP) is 3.32. The van der Waals surface area contributed by atoms with Crippen molar-refractivity contribution in [3.05, 3.63) is 52.8 Å². The van der Waals surface area contributed by atoms with Crippen LogP contribution in [0.2, 0.25) is 5.02 Å². The number of halogens is 1. The van der Waals surface area contributed by atoms with Gasteiger partial charge in [-0.15, -0.1) is 0 Å². The second-order valence-electron chi connectivity index (χ2n) is 6.27. The van der Waals surface area contributed by atoms with Crippen LogP contribution < -0.4 is 4.90 Å². The fraction of sp³-hybridized carbons (Fsp3) is 0.389. The summed E-state index contributed by atoms with van der Waals surface area (Å²) in [6.45, 7) is 2.61. The van der Waals surface area contributed by atoms with Crippen molar-refractivity contribution in [3.8, 4) is 0 Å². The highest BCUT2D eigenvalue weighted by Crippen LogP contribution is 2.35. The van der Waals surface area contributed by atoms with Gasteiger partial charge in [-0.3, -0.25) is 4.79 Å². The van der Waals surface area contributed by atoms with Gasteiger partial charge in [0.05, 0.1) is 17.3 Å². The maximum atomic E-state index is 12.9. The molecule has 1 aromatic carbocycles. The molecular formula is C18H19ClN4O. The zero-order chi connectivity index (χ0) is 16.5. The Morgan fingerprint density at radius 2 is 1.88 bits per heavy atom. The van der Waals surface area contributed by atoms with Crippen LogP contribution >= 0.6 is 11.6 Å². The average molecular weight is 343 g/mol. The molecule has 2 fully saturated rings. The highest BCUT2D eigenvalue weighted by molar-refractivity contribution is 6.33. The largest absolute Gasteiger partial charge is 0.341 e. The molecule has 24 heavy (non-hydrogen) atoms. The minimum atomic E-state index is -0.108. The number of hydrogen-bond donors (Lipinski definition) is 0. The summed E-state index contributed by atoms with van der Waals surface area (Å²) in [5.41, 5.74) is 1.47. The second-order valence-corrected chi connectivity index (χ2v) is 6.68. The summed E-state index contributed by atoms with van der Waals surface area (Å²) in [6, 6.07) is 10.2. The van der Waals surface area contributed by atoms with Gasteiger partial charge in [0.25, 0.3) is 5.91 Å². The van der Waals surface area contributed by atoms with Gasteiger partial charge in [-0.05, 0) is 24.8 Å². The quantitative estimate of drug-likeness (QED) is 0.858. The summed E-state index contributed by atoms with van der Waals surface area (Å²) in [6.07, 6.45) is 4.79. The van der Waals surface area contributed by atoms with Crippen LogP contribution in [0.15, 0.2) is 36.5 Å². The summed E-state index contributed by atoms with van der Waals surface area (Å²) in [4.78, 5) is 25.7. The fourth-order valence-electron chi connectivity index (χ4n) is 3.37. The molecule has 0 bridgehead atoms. The number of benzene rings is 1. The molecule has 1 amide bonds. The Kier molecular flexibility index (Phi) is 4.10. The summed E-state index contributed by atoms with van der Waals surface area (Å²) in [7, 11) is 0. The lowest BCUT2D eigenvalue weighted by atomic mass is 9.94. The summed E-state index contributed by atoms with van der Waals surface area (Å²) < 4.78 is 0. The van der Waals surface area contributed by atoms with Gasteiger partial charge in [-0.2, -0.15) is 0 Å². The van der Waals surface area contributed by atoms with Crippen molar-refractivity contribution in [1.29, 1.82) is 0 Å². The number of anilines is 1. The van der Waals surface area contributed by atoms with Gasteiger partial charge < -0.3 is 9.80 Å². The number of aromatic nitrogens is 2. The first-order chi connectivity index (χ1) is 11.7. The predicted molar refractivity (Wildman–Crippen MR) is 93.3 cm³/mol. The Hall–Kier alpha value is -2.14. The molecule has 2 aliphatic heterocycles. The Labute approximate surface area is 146 Å². The van der Waals surface area contributed by atoms with Crippen molar-refractivity contribution >= 4 is 23.5 Å². The lowest BCUT2D eigenvalue weighted by Gasteiger charge is -2.41. The highest BCUT2D eigenvalue weighted by atomic mass is 35.5. The van der Waals surface area contributed by atoms with Crippen LogP contribution in [0.3, 0.4) is 0 Å². The van der Waals surface area contributed by atoms with Gasteiger partial charge in [0.2, 0.25) is 5.95 Å². The molecule has 3 heterocycles. The minimum Gasteiger partial charge on any atom is -0.341 e. The number of likely N-dealkylation sites (tertiary alicyclic amines) is 1. The molecule has 0 unspecified atom stereocenters. The molecule has 0 N–H and O–H groups in total. The van der Waals surface area contributed by atoms with Gasteiger partial charge in [-0.25, -0.2) is 9.97 Å². The van der Waals surface area contributed by atoms with E-state index >= 15 is 0 Å². The normalized spacial score (nSPS) is 20.1. The van der Waals surface area contributed by atoms with Crippen LogP contribution in [-0.2, 0) is 0 Å². The molecule has 0 radical (unpaired) electrons. The number of hydrogen-bond acceptors (Lipinski definition) is 4. The molecule has 6 heteroatoms. The lowest BCUT2D eigenvalue weighted by molar-refractivity contribution is 0.0454. The number of carbonyl (C=O) groups excluding carboxylic acids is 1. The van der Waals surface area contributed by atoms with Crippen LogP contribution in [0.1, 0.15) is 41.4 Å². The number of rotatable bonds is 3. The molecule has 1 aromatic heterocycles. The second kappa shape index (κ2) is 6.40. The van der Waals surface area contributed by atoms with E-state index in [9.17, 15) is 4.79 Å². The van der Waals surface area contributed by atoms with E-state index in [4.69, 9.17) is 11.6 Å². The third kappa shape index (κ3) is 2.73. The first-order valence-corrected chi connectivity index (χ1v) is 8.75. The van der Waals surface area contributed by atoms with E-state index in [1.54, 1.807) is 6.20 Å². The molecule has 4 rings (SSSR count). The van der Waals surface area contributed by atoms with E-state index < -0.39 is 0 Å². The van der Waals surface area contributed by atoms with E-state index in [1.807, 2.05) is 23.1 Å². The molecule has 2 aromatic rings. The van der Waals surface area contributed by atoms with Gasteiger partial charge in [0.15, 0.2) is 5.69 Å². The topological polar surface area (TPSA) is 49.3 Å². The molecular weight excluding hydrogens is 324 g/mol. The third-order valence-electron chi connectivity index (χ3n) is 4.79. The van der Waals surface area contributed by atoms with E-state index in [2.05, 4.69) is 27.0 Å². The first kappa shape index (κ1) is 15.4. The van der Waals surface area contributed by atoms with Gasteiger partial charge in [0, 0.05) is 19.6 Å². The summed E-state index contributed by atoms with van der Waals surface area (Å²) in [5, 5.41) is 0.321. The monoisotopic (exact) mass is 342 g/mol. The first-order valence-electron chi connectivity index (χ1n) is 8.37. The maximum Gasteiger partial charge on any atom is 0.274 e. The van der Waals surface area contributed by atoms with Crippen LogP contribution in [-0.4, -0.2) is 40.4 Å². The average Bonchev–Trinajstić information content (AvgIpc) is 3.09. The minimum absolute atomic E-state index is 0.108. The van der Waals surface area contributed by atoms with Crippen molar-refractivity contribution in [3.63, 3.8) is 0 Å². The van der Waals surface area contributed by atoms with Crippen LogP contribution in [0.5, 0.6) is 0 Å². The summed E-state index contributed by atoms with van der Waals surface area (Å²) >= 11 is 6.23. The molecule has 2 saturated heterocycles. The zero-order valence-electron chi connectivity index (χ0n) is 13.4. The van der Waals surface area contributed by atoms with E-state index in [-0.39, 0.29) is 11.9 Å². The van der Waals surface area contributed by atoms with Crippen LogP contribution in [0, 0.1) is 0 Å². The SMILES string of the molecule is O=C(c1nc(N2CCCC2)ncc1Cl)N1CC[C@@H]1c1ccccc1. The maximum absolute atomic E-state index is 12.9. The van der Waals surface area contributed by atoms with Gasteiger partial charge >= 0.3 is 0 Å². The zero-order valence-corrected chi connectivity index (χ0v) is 14.1. The van der Waals surface area contributed by atoms with Crippen molar-refractivity contribution in [2.75, 3.05) is 24.5 Å². The summed E-state index contributed by atoms with van der Waals surface area (Å²) in [5.74, 6) is 0.500. The van der Waals surface area contributed by atoms with Gasteiger partial charge in [0.1, 0.15) is 0 Å². The smallest absolute Gasteiger partial charge is 0.274 e. The highest BCUT2D eigenvalue weighted by Gasteiger charge is 2.35. The third-order valence-corrected chi connectivity index (χ3v) is 5.06. The van der Waals surface area contributed by atoms with Crippen molar-refractivity contribution in [2.45, 2.75) is 25.3 Å². The molecule has 0 saturated carbocycles. The Morgan fingerprint density at radius 1 is 1.12 bits per heavy atom. The van der Waals surface area contributed by atoms with Gasteiger partial charge in [-0.1, -0.05) is 41.9 Å². The molecule has 2 aliphatic rings. The Bertz CT molecular complexity index is 746.